The molecule has 6 unspecified atom stereocenters. The number of rotatable bonds is 9. The highest BCUT2D eigenvalue weighted by atomic mass is 16.5. The van der Waals surface area contributed by atoms with E-state index >= 15 is 4.79 Å². The number of Topliss-reactive ketones (excluding diaryl/α,β-unsaturated/α-hetero) is 3. The molecular formula is C35H46O6. The number of aliphatic hydroxyl groups excluding tert-OH is 1. The van der Waals surface area contributed by atoms with Gasteiger partial charge in [0.2, 0.25) is 0 Å². The predicted octanol–water partition coefficient (Wildman–Crippen LogP) is 6.89. The van der Waals surface area contributed by atoms with Gasteiger partial charge in [-0.3, -0.25) is 14.4 Å². The van der Waals surface area contributed by atoms with Gasteiger partial charge in [-0.1, -0.05) is 71.7 Å². The van der Waals surface area contributed by atoms with Gasteiger partial charge in [-0.15, -0.1) is 0 Å². The molecule has 41 heavy (non-hydrogen) atoms. The van der Waals surface area contributed by atoms with Gasteiger partial charge in [-0.25, -0.2) is 0 Å². The predicted molar refractivity (Wildman–Crippen MR) is 161 cm³/mol. The van der Waals surface area contributed by atoms with Crippen LogP contribution in [-0.2, 0) is 24.7 Å². The van der Waals surface area contributed by atoms with Gasteiger partial charge in [0, 0.05) is 5.92 Å². The molecule has 222 valence electrons. The normalized spacial score (nSPS) is 27.5. The van der Waals surface area contributed by atoms with Crippen molar-refractivity contribution >= 4 is 17.3 Å². The molecule has 6 heteroatoms. The van der Waals surface area contributed by atoms with E-state index in [-0.39, 0.29) is 29.7 Å². The van der Waals surface area contributed by atoms with Gasteiger partial charge in [0.1, 0.15) is 17.8 Å². The Morgan fingerprint density at radius 3 is 2.07 bits per heavy atom. The summed E-state index contributed by atoms with van der Waals surface area (Å²) >= 11 is 0. The summed E-state index contributed by atoms with van der Waals surface area (Å²) < 4.78 is 6.50. The van der Waals surface area contributed by atoms with Crippen LogP contribution < -0.4 is 0 Å². The SMILES string of the molecule is CC(=O)C(O)(c1ccccc1)C1C(=O)C2=C(O)C(C)C(C)OC2C(CC=C(C)C)(CC(CC=C(C)C)=C(C)C)C1=O. The van der Waals surface area contributed by atoms with Crippen LogP contribution in [0.3, 0.4) is 0 Å². The fraction of sp³-hybridized carbons (Fsp3) is 0.514. The molecule has 1 saturated carbocycles. The maximum absolute atomic E-state index is 15.1. The summed E-state index contributed by atoms with van der Waals surface area (Å²) in [7, 11) is 0. The van der Waals surface area contributed by atoms with Crippen LogP contribution in [0.2, 0.25) is 0 Å². The van der Waals surface area contributed by atoms with Crippen molar-refractivity contribution in [3.8, 4) is 0 Å². The molecule has 1 aliphatic carbocycles. The third-order valence-corrected chi connectivity index (χ3v) is 8.84. The number of carbonyl (C=O) groups excluding carboxylic acids is 3. The molecule has 3 rings (SSSR count). The zero-order chi connectivity index (χ0) is 30.9. The van der Waals surface area contributed by atoms with E-state index in [0.717, 1.165) is 22.3 Å². The molecule has 0 aromatic heterocycles. The number of ether oxygens (including phenoxy) is 1. The Hall–Kier alpha value is -3.09. The third kappa shape index (κ3) is 5.96. The van der Waals surface area contributed by atoms with Gasteiger partial charge in [0.25, 0.3) is 0 Å². The van der Waals surface area contributed by atoms with Gasteiger partial charge >= 0.3 is 0 Å². The van der Waals surface area contributed by atoms with Crippen molar-refractivity contribution in [2.45, 2.75) is 99.4 Å². The van der Waals surface area contributed by atoms with E-state index in [0.29, 0.717) is 6.42 Å². The van der Waals surface area contributed by atoms with E-state index < -0.39 is 52.4 Å². The molecule has 2 aliphatic rings. The lowest BCUT2D eigenvalue weighted by Gasteiger charge is -2.52. The zero-order valence-electron chi connectivity index (χ0n) is 26.0. The van der Waals surface area contributed by atoms with Crippen LogP contribution in [0, 0.1) is 17.3 Å². The van der Waals surface area contributed by atoms with E-state index in [1.165, 1.54) is 6.92 Å². The van der Waals surface area contributed by atoms with Crippen molar-refractivity contribution < 1.29 is 29.3 Å². The van der Waals surface area contributed by atoms with Gasteiger partial charge in [0.15, 0.2) is 23.0 Å². The Balaban J connectivity index is 2.43. The second-order valence-corrected chi connectivity index (χ2v) is 12.6. The van der Waals surface area contributed by atoms with Crippen molar-refractivity contribution in [1.82, 2.24) is 0 Å². The molecule has 0 amide bonds. The van der Waals surface area contributed by atoms with Crippen LogP contribution in [-0.4, -0.2) is 39.8 Å². The smallest absolute Gasteiger partial charge is 0.179 e. The molecular weight excluding hydrogens is 516 g/mol. The third-order valence-electron chi connectivity index (χ3n) is 8.84. The minimum absolute atomic E-state index is 0.00622. The molecule has 1 aliphatic heterocycles. The number of benzene rings is 1. The first kappa shape index (κ1) is 32.4. The molecule has 1 aromatic rings. The van der Waals surface area contributed by atoms with Crippen LogP contribution in [0.25, 0.3) is 0 Å². The average molecular weight is 563 g/mol. The lowest BCUT2D eigenvalue weighted by atomic mass is 9.54. The second-order valence-electron chi connectivity index (χ2n) is 12.6. The maximum Gasteiger partial charge on any atom is 0.179 e. The van der Waals surface area contributed by atoms with E-state index in [1.807, 2.05) is 54.5 Å². The van der Waals surface area contributed by atoms with Gasteiger partial charge in [0.05, 0.1) is 17.1 Å². The fourth-order valence-electron chi connectivity index (χ4n) is 6.01. The molecule has 0 bridgehead atoms. The highest BCUT2D eigenvalue weighted by Gasteiger charge is 2.65. The molecule has 0 spiro atoms. The van der Waals surface area contributed by atoms with Crippen molar-refractivity contribution in [2.75, 3.05) is 0 Å². The number of ketones is 3. The molecule has 6 nitrogen and oxygen atoms in total. The minimum Gasteiger partial charge on any atom is -0.511 e. The number of hydrogen-bond donors (Lipinski definition) is 2. The number of aliphatic hydroxyl groups is 2. The fourth-order valence-corrected chi connectivity index (χ4v) is 6.01. The van der Waals surface area contributed by atoms with Crippen molar-refractivity contribution in [3.05, 3.63) is 81.7 Å². The Kier molecular flexibility index (Phi) is 9.82. The molecule has 1 heterocycles. The van der Waals surface area contributed by atoms with Crippen LogP contribution in [0.5, 0.6) is 0 Å². The Morgan fingerprint density at radius 1 is 0.976 bits per heavy atom. The van der Waals surface area contributed by atoms with E-state index in [1.54, 1.807) is 37.3 Å². The van der Waals surface area contributed by atoms with Crippen LogP contribution in [0.4, 0.5) is 0 Å². The molecule has 1 fully saturated rings. The molecule has 0 saturated heterocycles. The highest BCUT2D eigenvalue weighted by molar-refractivity contribution is 6.20. The van der Waals surface area contributed by atoms with Crippen molar-refractivity contribution in [1.29, 1.82) is 0 Å². The number of fused-ring (bicyclic) bond motifs is 1. The zero-order valence-corrected chi connectivity index (χ0v) is 26.0. The molecule has 2 N–H and O–H groups in total. The first-order valence-electron chi connectivity index (χ1n) is 14.5. The summed E-state index contributed by atoms with van der Waals surface area (Å²) in [5.41, 5.74) is 0.550. The van der Waals surface area contributed by atoms with Crippen molar-refractivity contribution in [2.24, 2.45) is 17.3 Å². The Labute approximate surface area is 244 Å². The lowest BCUT2D eigenvalue weighted by Crippen LogP contribution is -2.64. The first-order valence-corrected chi connectivity index (χ1v) is 14.5. The van der Waals surface area contributed by atoms with E-state index in [9.17, 15) is 19.8 Å². The van der Waals surface area contributed by atoms with Gasteiger partial charge in [-0.2, -0.15) is 0 Å². The average Bonchev–Trinajstić information content (AvgIpc) is 2.90. The van der Waals surface area contributed by atoms with Crippen LogP contribution in [0.1, 0.15) is 87.1 Å². The van der Waals surface area contributed by atoms with Crippen LogP contribution in [0.15, 0.2) is 76.1 Å². The Morgan fingerprint density at radius 2 is 1.56 bits per heavy atom. The van der Waals surface area contributed by atoms with E-state index in [2.05, 4.69) is 6.08 Å². The summed E-state index contributed by atoms with van der Waals surface area (Å²) in [6.07, 6.45) is 3.63. The topological polar surface area (TPSA) is 101 Å². The van der Waals surface area contributed by atoms with Gasteiger partial charge < -0.3 is 14.9 Å². The minimum atomic E-state index is -2.42. The number of allylic oxidation sites excluding steroid dienone is 6. The largest absolute Gasteiger partial charge is 0.511 e. The van der Waals surface area contributed by atoms with E-state index in [4.69, 9.17) is 4.74 Å². The van der Waals surface area contributed by atoms with Crippen LogP contribution >= 0.6 is 0 Å². The summed E-state index contributed by atoms with van der Waals surface area (Å²) in [5, 5.41) is 23.7. The first-order chi connectivity index (χ1) is 19.1. The molecule has 6 atom stereocenters. The number of hydrogen-bond acceptors (Lipinski definition) is 6. The lowest BCUT2D eigenvalue weighted by molar-refractivity contribution is -0.175. The molecule has 0 radical (unpaired) electrons. The van der Waals surface area contributed by atoms with Gasteiger partial charge in [-0.05, 0) is 80.2 Å². The summed E-state index contributed by atoms with van der Waals surface area (Å²) in [5.74, 6) is -4.40. The summed E-state index contributed by atoms with van der Waals surface area (Å²) in [6, 6.07) is 8.16. The second kappa shape index (κ2) is 12.4. The monoisotopic (exact) mass is 562 g/mol. The number of carbonyl (C=O) groups is 3. The summed E-state index contributed by atoms with van der Waals surface area (Å²) in [4.78, 5) is 42.7. The molecule has 1 aromatic carbocycles. The Bertz CT molecular complexity index is 1320. The highest BCUT2D eigenvalue weighted by Crippen LogP contribution is 2.54. The van der Waals surface area contributed by atoms with Crippen molar-refractivity contribution in [3.63, 3.8) is 0 Å². The maximum atomic E-state index is 15.1. The summed E-state index contributed by atoms with van der Waals surface area (Å²) in [6.45, 7) is 16.7. The standard InChI is InChI=1S/C35H46O6/c1-20(2)15-16-26(22(5)6)19-34(18-17-21(3)4)32(39)29(35(40,25(9)36)27-13-11-10-12-14-27)31(38)28-30(37)23(7)24(8)41-33(28)34/h10-15,17,23-24,29,33,37,40H,16,18-19H2,1-9H3. The quantitative estimate of drug-likeness (QED) is 0.251.